The van der Waals surface area contributed by atoms with Crippen molar-refractivity contribution in [3.8, 4) is 0 Å². The highest BCUT2D eigenvalue weighted by Crippen LogP contribution is 2.03. The number of carbonyl (C=O) groups excluding carboxylic acids is 2. The Balaban J connectivity index is 2.66. The van der Waals surface area contributed by atoms with Gasteiger partial charge in [0.05, 0.1) is 6.61 Å². The minimum atomic E-state index is -1.02. The van der Waals surface area contributed by atoms with Gasteiger partial charge in [0.2, 0.25) is 0 Å². The molecule has 1 aromatic rings. The summed E-state index contributed by atoms with van der Waals surface area (Å²) < 4.78 is 11.2. The highest BCUT2D eigenvalue weighted by molar-refractivity contribution is 5.89. The first-order valence-electron chi connectivity index (χ1n) is 7.95. The van der Waals surface area contributed by atoms with Crippen LogP contribution in [0.3, 0.4) is 0 Å². The fourth-order valence-electron chi connectivity index (χ4n) is 1.73. The Morgan fingerprint density at radius 2 is 1.91 bits per heavy atom. The van der Waals surface area contributed by atoms with Crippen molar-refractivity contribution in [2.24, 2.45) is 0 Å². The maximum Gasteiger partial charge on any atom is 0.359 e. The second kappa shape index (κ2) is 9.76. The predicted octanol–water partition coefficient (Wildman–Crippen LogP) is 1.93. The molecule has 0 aromatic carbocycles. The van der Waals surface area contributed by atoms with Gasteiger partial charge in [0.1, 0.15) is 0 Å². The molecule has 1 rings (SSSR count). The van der Waals surface area contributed by atoms with E-state index in [2.05, 4.69) is 5.10 Å². The second-order valence-corrected chi connectivity index (χ2v) is 5.20. The van der Waals surface area contributed by atoms with E-state index in [-0.39, 0.29) is 11.3 Å². The zero-order chi connectivity index (χ0) is 17.2. The summed E-state index contributed by atoms with van der Waals surface area (Å²) >= 11 is 0. The van der Waals surface area contributed by atoms with Crippen LogP contribution >= 0.6 is 0 Å². The molecule has 0 N–H and O–H groups in total. The van der Waals surface area contributed by atoms with Crippen LogP contribution in [0.4, 0.5) is 0 Å². The van der Waals surface area contributed by atoms with Gasteiger partial charge in [-0.25, -0.2) is 14.3 Å². The average molecular weight is 324 g/mol. The third-order valence-electron chi connectivity index (χ3n) is 3.16. The van der Waals surface area contributed by atoms with Gasteiger partial charge in [-0.05, 0) is 25.8 Å². The normalized spacial score (nSPS) is 11.8. The Kier molecular flexibility index (Phi) is 8.01. The first-order valence-corrected chi connectivity index (χ1v) is 7.95. The zero-order valence-corrected chi connectivity index (χ0v) is 13.9. The molecule has 0 aliphatic carbocycles. The number of aryl methyl sites for hydroxylation is 1. The number of unbranched alkanes of at least 4 members (excludes halogenated alkanes) is 2. The molecule has 0 bridgehead atoms. The summed E-state index contributed by atoms with van der Waals surface area (Å²) in [5, 5.41) is 3.98. The molecule has 0 radical (unpaired) electrons. The van der Waals surface area contributed by atoms with Crippen LogP contribution in [0, 0.1) is 0 Å². The van der Waals surface area contributed by atoms with Crippen molar-refractivity contribution in [1.82, 2.24) is 9.78 Å². The van der Waals surface area contributed by atoms with Crippen molar-refractivity contribution in [1.29, 1.82) is 0 Å². The molecule has 0 spiro atoms. The molecule has 0 amide bonds. The summed E-state index contributed by atoms with van der Waals surface area (Å²) in [6, 6.07) is 2.56. The van der Waals surface area contributed by atoms with Crippen LogP contribution in [-0.4, -0.2) is 34.4 Å². The predicted molar refractivity (Wildman–Crippen MR) is 84.1 cm³/mol. The first kappa shape index (κ1) is 18.9. The van der Waals surface area contributed by atoms with Crippen LogP contribution in [0.1, 0.15) is 56.9 Å². The smallest absolute Gasteiger partial charge is 0.359 e. The number of rotatable bonds is 9. The summed E-state index contributed by atoms with van der Waals surface area (Å²) in [4.78, 5) is 35.3. The summed E-state index contributed by atoms with van der Waals surface area (Å²) in [6.07, 6.45) is 2.34. The molecule has 7 nitrogen and oxygen atoms in total. The molecule has 0 aliphatic rings. The maximum absolute atomic E-state index is 12.0. The number of esters is 2. The molecule has 0 fully saturated rings. The zero-order valence-electron chi connectivity index (χ0n) is 13.9. The van der Waals surface area contributed by atoms with Crippen molar-refractivity contribution >= 4 is 11.9 Å². The van der Waals surface area contributed by atoms with Crippen LogP contribution in [-0.2, 0) is 20.8 Å². The van der Waals surface area contributed by atoms with Crippen molar-refractivity contribution < 1.29 is 19.1 Å². The van der Waals surface area contributed by atoms with Crippen LogP contribution in [0.25, 0.3) is 0 Å². The summed E-state index contributed by atoms with van der Waals surface area (Å²) in [5.74, 6) is -1.35. The van der Waals surface area contributed by atoms with E-state index in [1.807, 2.05) is 13.8 Å². The molecule has 128 valence electrons. The summed E-state index contributed by atoms with van der Waals surface area (Å²) in [7, 11) is 0. The van der Waals surface area contributed by atoms with E-state index >= 15 is 0 Å². The maximum atomic E-state index is 12.0. The Morgan fingerprint density at radius 1 is 1.22 bits per heavy atom. The van der Waals surface area contributed by atoms with Crippen LogP contribution in [0.5, 0.6) is 0 Å². The quantitative estimate of drug-likeness (QED) is 0.509. The van der Waals surface area contributed by atoms with Gasteiger partial charge < -0.3 is 9.47 Å². The van der Waals surface area contributed by atoms with Gasteiger partial charge in [-0.1, -0.05) is 26.7 Å². The molecule has 0 saturated carbocycles. The first-order chi connectivity index (χ1) is 11.0. The van der Waals surface area contributed by atoms with Crippen LogP contribution in [0.15, 0.2) is 16.9 Å². The Morgan fingerprint density at radius 3 is 2.57 bits per heavy atom. The molecule has 1 unspecified atom stereocenters. The number of hydrogen-bond acceptors (Lipinski definition) is 6. The number of nitrogens with zero attached hydrogens (tertiary/aromatic N) is 2. The van der Waals surface area contributed by atoms with Gasteiger partial charge in [-0.3, -0.25) is 4.79 Å². The van der Waals surface area contributed by atoms with Crippen molar-refractivity contribution in [2.45, 2.75) is 59.1 Å². The Labute approximate surface area is 135 Å². The lowest BCUT2D eigenvalue weighted by molar-refractivity contribution is -0.153. The molecule has 0 saturated heterocycles. The van der Waals surface area contributed by atoms with Gasteiger partial charge in [-0.2, -0.15) is 5.10 Å². The van der Waals surface area contributed by atoms with E-state index in [0.29, 0.717) is 13.2 Å². The average Bonchev–Trinajstić information content (AvgIpc) is 2.54. The number of ether oxygens (including phenoxy) is 2. The van der Waals surface area contributed by atoms with E-state index in [1.165, 1.54) is 23.7 Å². The van der Waals surface area contributed by atoms with E-state index in [4.69, 9.17) is 9.47 Å². The molecule has 1 heterocycles. The highest BCUT2D eigenvalue weighted by atomic mass is 16.6. The minimum absolute atomic E-state index is 0.00564. The standard InChI is InChI=1S/C16H24N2O5/c1-4-6-10-18-14(19)9-8-13(17-18)16(21)23-12(3)15(20)22-11-7-5-2/h8-9,12H,4-7,10-11H2,1-3H3. The summed E-state index contributed by atoms with van der Waals surface area (Å²) in [5.41, 5.74) is -0.282. The van der Waals surface area contributed by atoms with Crippen LogP contribution in [0.2, 0.25) is 0 Å². The topological polar surface area (TPSA) is 87.5 Å². The fourth-order valence-corrected chi connectivity index (χ4v) is 1.73. The van der Waals surface area contributed by atoms with E-state index in [0.717, 1.165) is 25.7 Å². The Hall–Kier alpha value is -2.18. The fraction of sp³-hybridized carbons (Fsp3) is 0.625. The minimum Gasteiger partial charge on any atom is -0.463 e. The second-order valence-electron chi connectivity index (χ2n) is 5.20. The molecule has 23 heavy (non-hydrogen) atoms. The van der Waals surface area contributed by atoms with Crippen molar-refractivity contribution in [3.05, 3.63) is 28.2 Å². The molecule has 1 atom stereocenters. The monoisotopic (exact) mass is 324 g/mol. The SMILES string of the molecule is CCCCOC(=O)C(C)OC(=O)c1ccc(=O)n(CCCC)n1. The van der Waals surface area contributed by atoms with Gasteiger partial charge in [0.15, 0.2) is 11.8 Å². The van der Waals surface area contributed by atoms with Gasteiger partial charge in [0, 0.05) is 12.6 Å². The molecule has 0 aliphatic heterocycles. The van der Waals surface area contributed by atoms with Crippen molar-refractivity contribution in [3.63, 3.8) is 0 Å². The molecular weight excluding hydrogens is 300 g/mol. The largest absolute Gasteiger partial charge is 0.463 e. The van der Waals surface area contributed by atoms with Gasteiger partial charge in [0.25, 0.3) is 5.56 Å². The molecule has 1 aromatic heterocycles. The number of carbonyl (C=O) groups is 2. The molecular formula is C16H24N2O5. The number of hydrogen-bond donors (Lipinski definition) is 0. The van der Waals surface area contributed by atoms with Crippen molar-refractivity contribution in [2.75, 3.05) is 6.61 Å². The third kappa shape index (κ3) is 6.22. The van der Waals surface area contributed by atoms with E-state index in [9.17, 15) is 14.4 Å². The number of aromatic nitrogens is 2. The summed E-state index contributed by atoms with van der Waals surface area (Å²) in [6.45, 7) is 6.16. The lowest BCUT2D eigenvalue weighted by Gasteiger charge is -2.12. The van der Waals surface area contributed by atoms with Gasteiger partial charge in [-0.15, -0.1) is 0 Å². The van der Waals surface area contributed by atoms with E-state index in [1.54, 1.807) is 0 Å². The van der Waals surface area contributed by atoms with E-state index < -0.39 is 18.0 Å². The lowest BCUT2D eigenvalue weighted by Crippen LogP contribution is -2.29. The van der Waals surface area contributed by atoms with Crippen LogP contribution < -0.4 is 5.56 Å². The molecule has 7 heteroatoms. The lowest BCUT2D eigenvalue weighted by atomic mass is 10.3. The van der Waals surface area contributed by atoms with Gasteiger partial charge >= 0.3 is 11.9 Å². The third-order valence-corrected chi connectivity index (χ3v) is 3.16. The highest BCUT2D eigenvalue weighted by Gasteiger charge is 2.21. The Bertz CT molecular complexity index is 582.